The predicted molar refractivity (Wildman–Crippen MR) is 130 cm³/mol. The van der Waals surface area contributed by atoms with Crippen LogP contribution in [0.1, 0.15) is 17.1 Å². The van der Waals surface area contributed by atoms with E-state index in [9.17, 15) is 4.79 Å². The first-order valence-corrected chi connectivity index (χ1v) is 11.3. The third kappa shape index (κ3) is 4.44. The van der Waals surface area contributed by atoms with Crippen molar-refractivity contribution in [1.29, 1.82) is 0 Å². The summed E-state index contributed by atoms with van der Waals surface area (Å²) in [5, 5.41) is 17.1. The number of aryl methyl sites for hydroxylation is 2. The van der Waals surface area contributed by atoms with Gasteiger partial charge >= 0.3 is 0 Å². The van der Waals surface area contributed by atoms with E-state index in [0.717, 1.165) is 38.2 Å². The number of nitrogens with zero attached hydrogens (tertiary/aromatic N) is 4. The molecule has 0 atom stereocenters. The molecule has 33 heavy (non-hydrogen) atoms. The van der Waals surface area contributed by atoms with Gasteiger partial charge < -0.3 is 9.73 Å². The smallest absolute Gasteiger partial charge is 0.248 e. The van der Waals surface area contributed by atoms with Gasteiger partial charge in [0.1, 0.15) is 16.5 Å². The highest BCUT2D eigenvalue weighted by Gasteiger charge is 2.12. The number of halogens is 1. The average molecular weight is 476 g/mol. The topological polar surface area (TPSA) is 85.3 Å². The molecule has 0 saturated carbocycles. The summed E-state index contributed by atoms with van der Waals surface area (Å²) in [6.45, 7) is 3.81. The summed E-state index contributed by atoms with van der Waals surface area (Å²) in [5.41, 5.74) is 3.54. The van der Waals surface area contributed by atoms with Gasteiger partial charge in [-0.05, 0) is 80.1 Å². The fourth-order valence-electron chi connectivity index (χ4n) is 3.31. The van der Waals surface area contributed by atoms with Crippen LogP contribution in [0.5, 0.6) is 0 Å². The number of carbonyl (C=O) groups is 1. The Morgan fingerprint density at radius 2 is 1.85 bits per heavy atom. The van der Waals surface area contributed by atoms with Gasteiger partial charge in [-0.3, -0.25) is 4.79 Å². The molecule has 0 bridgehead atoms. The molecule has 164 valence electrons. The van der Waals surface area contributed by atoms with E-state index < -0.39 is 0 Å². The van der Waals surface area contributed by atoms with Crippen molar-refractivity contribution in [2.75, 3.05) is 5.32 Å². The fraction of sp³-hybridized carbons (Fsp3) is 0.0833. The third-order valence-electron chi connectivity index (χ3n) is 5.03. The van der Waals surface area contributed by atoms with Crippen molar-refractivity contribution in [3.63, 3.8) is 0 Å². The Balaban J connectivity index is 1.27. The van der Waals surface area contributed by atoms with E-state index in [1.807, 2.05) is 56.3 Å². The molecule has 0 aliphatic heterocycles. The Bertz CT molecular complexity index is 1500. The lowest BCUT2D eigenvalue weighted by atomic mass is 10.1. The predicted octanol–water partition coefficient (Wildman–Crippen LogP) is 6.03. The van der Waals surface area contributed by atoms with Gasteiger partial charge in [0.2, 0.25) is 10.9 Å². The summed E-state index contributed by atoms with van der Waals surface area (Å²) in [4.78, 5) is 13.2. The molecule has 0 spiro atoms. The molecule has 0 saturated heterocycles. The molecule has 7 nitrogen and oxygen atoms in total. The number of rotatable bonds is 5. The minimum atomic E-state index is -0.246. The van der Waals surface area contributed by atoms with Crippen molar-refractivity contribution in [1.82, 2.24) is 19.8 Å². The quantitative estimate of drug-likeness (QED) is 0.313. The lowest BCUT2D eigenvalue weighted by Gasteiger charge is -2.07. The van der Waals surface area contributed by atoms with E-state index in [0.29, 0.717) is 16.5 Å². The largest absolute Gasteiger partial charge is 0.457 e. The van der Waals surface area contributed by atoms with Crippen LogP contribution in [0.15, 0.2) is 65.1 Å². The van der Waals surface area contributed by atoms with Gasteiger partial charge in [0.25, 0.3) is 0 Å². The van der Waals surface area contributed by atoms with Gasteiger partial charge in [-0.25, -0.2) is 0 Å². The van der Waals surface area contributed by atoms with E-state index >= 15 is 0 Å². The van der Waals surface area contributed by atoms with Gasteiger partial charge in [0, 0.05) is 27.9 Å². The molecule has 0 fully saturated rings. The van der Waals surface area contributed by atoms with Crippen LogP contribution in [0.25, 0.3) is 32.9 Å². The van der Waals surface area contributed by atoms with Crippen molar-refractivity contribution in [3.05, 3.63) is 82.8 Å². The summed E-state index contributed by atoms with van der Waals surface area (Å²) in [7, 11) is 0. The van der Waals surface area contributed by atoms with E-state index in [1.54, 1.807) is 22.7 Å². The van der Waals surface area contributed by atoms with E-state index in [-0.39, 0.29) is 5.91 Å². The number of furan rings is 1. The molecule has 3 aromatic heterocycles. The molecule has 1 N–H and O–H groups in total. The number of benzene rings is 2. The Morgan fingerprint density at radius 1 is 1.06 bits per heavy atom. The monoisotopic (exact) mass is 475 g/mol. The molecule has 9 heteroatoms. The van der Waals surface area contributed by atoms with Crippen LogP contribution in [-0.2, 0) is 4.79 Å². The SMILES string of the molecule is Cc1cc(-c2nn3c(C)nnc3s2)ccc1NC(=O)C=Cc1ccc(-c2ccc(Cl)cc2)o1. The zero-order valence-electron chi connectivity index (χ0n) is 17.7. The first kappa shape index (κ1) is 21.1. The molecule has 5 aromatic rings. The number of aromatic nitrogens is 4. The Kier molecular flexibility index (Phi) is 5.53. The number of hydrogen-bond donors (Lipinski definition) is 1. The minimum absolute atomic E-state index is 0.246. The van der Waals surface area contributed by atoms with Crippen LogP contribution in [0, 0.1) is 13.8 Å². The lowest BCUT2D eigenvalue weighted by molar-refractivity contribution is -0.111. The summed E-state index contributed by atoms with van der Waals surface area (Å²) in [6.07, 6.45) is 3.09. The number of carbonyl (C=O) groups excluding carboxylic acids is 1. The highest BCUT2D eigenvalue weighted by molar-refractivity contribution is 7.19. The highest BCUT2D eigenvalue weighted by atomic mass is 35.5. The van der Waals surface area contributed by atoms with E-state index in [1.165, 1.54) is 17.4 Å². The van der Waals surface area contributed by atoms with Crippen LogP contribution in [0.4, 0.5) is 5.69 Å². The first-order valence-electron chi connectivity index (χ1n) is 10.1. The maximum Gasteiger partial charge on any atom is 0.248 e. The van der Waals surface area contributed by atoms with Crippen molar-refractivity contribution in [3.8, 4) is 21.9 Å². The highest BCUT2D eigenvalue weighted by Crippen LogP contribution is 2.29. The number of nitrogens with one attached hydrogen (secondary N) is 1. The van der Waals surface area contributed by atoms with Gasteiger partial charge in [-0.2, -0.15) is 9.61 Å². The Morgan fingerprint density at radius 3 is 2.61 bits per heavy atom. The van der Waals surface area contributed by atoms with Crippen molar-refractivity contribution < 1.29 is 9.21 Å². The summed E-state index contributed by atoms with van der Waals surface area (Å²) >= 11 is 7.40. The van der Waals surface area contributed by atoms with Gasteiger partial charge in [0.05, 0.1) is 0 Å². The van der Waals surface area contributed by atoms with Crippen LogP contribution in [0.2, 0.25) is 5.02 Å². The number of fused-ring (bicyclic) bond motifs is 1. The van der Waals surface area contributed by atoms with Gasteiger partial charge in [-0.1, -0.05) is 22.9 Å². The number of hydrogen-bond acceptors (Lipinski definition) is 6. The van der Waals surface area contributed by atoms with Crippen molar-refractivity contribution in [2.45, 2.75) is 13.8 Å². The molecule has 5 rings (SSSR count). The van der Waals surface area contributed by atoms with Crippen LogP contribution in [0.3, 0.4) is 0 Å². The molecule has 0 radical (unpaired) electrons. The third-order valence-corrected chi connectivity index (χ3v) is 6.23. The zero-order valence-corrected chi connectivity index (χ0v) is 19.3. The van der Waals surface area contributed by atoms with Crippen LogP contribution in [-0.4, -0.2) is 25.7 Å². The zero-order chi connectivity index (χ0) is 22.9. The van der Waals surface area contributed by atoms with E-state index in [2.05, 4.69) is 20.6 Å². The molecule has 1 amide bonds. The van der Waals surface area contributed by atoms with Gasteiger partial charge in [-0.15, -0.1) is 10.2 Å². The normalized spacial score (nSPS) is 11.5. The van der Waals surface area contributed by atoms with E-state index in [4.69, 9.17) is 16.0 Å². The second kappa shape index (κ2) is 8.65. The molecular formula is C24H18ClN5O2S. The second-order valence-corrected chi connectivity index (χ2v) is 8.80. The lowest BCUT2D eigenvalue weighted by Crippen LogP contribution is -2.08. The summed E-state index contributed by atoms with van der Waals surface area (Å²) in [5.74, 6) is 1.79. The molecule has 3 heterocycles. The molecule has 0 aliphatic carbocycles. The fourth-order valence-corrected chi connectivity index (χ4v) is 4.32. The Hall–Kier alpha value is -3.75. The Labute approximate surface area is 198 Å². The number of amides is 1. The molecule has 0 unspecified atom stereocenters. The second-order valence-electron chi connectivity index (χ2n) is 7.41. The maximum absolute atomic E-state index is 12.4. The van der Waals surface area contributed by atoms with Gasteiger partial charge in [0.15, 0.2) is 5.82 Å². The summed E-state index contributed by atoms with van der Waals surface area (Å²) in [6, 6.07) is 16.8. The standard InChI is InChI=1S/C24H18ClN5O2S/c1-14-13-17(23-29-30-15(2)27-28-24(30)33-23)5-10-20(14)26-22(31)12-9-19-8-11-21(32-19)16-3-6-18(25)7-4-16/h3-13H,1-2H3,(H,26,31). The first-order chi connectivity index (χ1) is 16.0. The summed E-state index contributed by atoms with van der Waals surface area (Å²) < 4.78 is 7.52. The minimum Gasteiger partial charge on any atom is -0.457 e. The number of anilines is 1. The van der Waals surface area contributed by atoms with Crippen LogP contribution < -0.4 is 5.32 Å². The molecule has 0 aliphatic rings. The van der Waals surface area contributed by atoms with Crippen molar-refractivity contribution >= 4 is 45.6 Å². The van der Waals surface area contributed by atoms with Crippen LogP contribution >= 0.6 is 22.9 Å². The average Bonchev–Trinajstić information content (AvgIpc) is 3.52. The maximum atomic E-state index is 12.4. The molecule has 2 aromatic carbocycles. The molecular weight excluding hydrogens is 458 g/mol. The van der Waals surface area contributed by atoms with Crippen molar-refractivity contribution in [2.24, 2.45) is 0 Å².